The number of fused-ring (bicyclic) bond motifs is 3. The molecular formula is C57H63N4OPt-3. The van der Waals surface area contributed by atoms with Crippen LogP contribution in [0.25, 0.3) is 27.6 Å². The van der Waals surface area contributed by atoms with Crippen molar-refractivity contribution in [1.29, 1.82) is 0 Å². The number of aromatic nitrogens is 2. The number of anilines is 2. The van der Waals surface area contributed by atoms with E-state index in [-0.39, 0.29) is 48.1 Å². The van der Waals surface area contributed by atoms with Gasteiger partial charge in [0.25, 0.3) is 0 Å². The van der Waals surface area contributed by atoms with Crippen molar-refractivity contribution in [3.05, 3.63) is 174 Å². The molecule has 0 bridgehead atoms. The maximum atomic E-state index is 7.03. The molecule has 0 aliphatic carbocycles. The van der Waals surface area contributed by atoms with Gasteiger partial charge in [-0.1, -0.05) is 168 Å². The van der Waals surface area contributed by atoms with E-state index in [1.165, 1.54) is 33.0 Å². The third-order valence-corrected chi connectivity index (χ3v) is 12.4. The summed E-state index contributed by atoms with van der Waals surface area (Å²) in [6.45, 7) is 33.9. The number of nitrogens with zero attached hydrogens (tertiary/aromatic N) is 4. The first-order chi connectivity index (χ1) is 29.0. The first-order valence-corrected chi connectivity index (χ1v) is 22.0. The normalized spacial score (nSPS) is 14.0. The second kappa shape index (κ2) is 16.5. The fraction of sp³-hybridized carbons (Fsp3) is 0.333. The minimum Gasteiger partial charge on any atom is -0.509 e. The average Bonchev–Trinajstić information content (AvgIpc) is 3.81. The number of rotatable bonds is 7. The number of benzene rings is 5. The molecular weight excluding hydrogens is 952 g/mol. The second-order valence-corrected chi connectivity index (χ2v) is 21.7. The van der Waals surface area contributed by atoms with Crippen molar-refractivity contribution in [3.8, 4) is 17.3 Å². The molecule has 5 aromatic carbocycles. The maximum Gasteiger partial charge on any atom is 0.135 e. The fourth-order valence-corrected chi connectivity index (χ4v) is 8.52. The van der Waals surface area contributed by atoms with Crippen molar-refractivity contribution in [2.24, 2.45) is 5.41 Å². The average molecular weight is 1020 g/mol. The molecule has 5 nitrogen and oxygen atoms in total. The molecule has 2 aromatic heterocycles. The minimum absolute atomic E-state index is 0. The van der Waals surface area contributed by atoms with Crippen LogP contribution in [0.5, 0.6) is 11.5 Å². The number of hydrogen-bond donors (Lipinski definition) is 0. The van der Waals surface area contributed by atoms with Gasteiger partial charge in [0.05, 0.1) is 0 Å². The molecule has 0 radical (unpaired) electrons. The van der Waals surface area contributed by atoms with Crippen LogP contribution in [-0.4, -0.2) is 9.55 Å². The summed E-state index contributed by atoms with van der Waals surface area (Å²) < 4.78 is 9.29. The molecule has 3 heterocycles. The number of allylic oxidation sites excluding steroid dienone is 1. The molecule has 0 fully saturated rings. The molecule has 1 aliphatic rings. The molecule has 6 heteroatoms. The van der Waals surface area contributed by atoms with Crippen molar-refractivity contribution >= 4 is 33.2 Å². The van der Waals surface area contributed by atoms with E-state index < -0.39 is 0 Å². The summed E-state index contributed by atoms with van der Waals surface area (Å²) in [5.74, 6) is 2.15. The van der Waals surface area contributed by atoms with Crippen LogP contribution in [0.2, 0.25) is 0 Å². The molecule has 63 heavy (non-hydrogen) atoms. The van der Waals surface area contributed by atoms with Crippen LogP contribution in [0.3, 0.4) is 0 Å². The van der Waals surface area contributed by atoms with Crippen LogP contribution in [0.15, 0.2) is 127 Å². The van der Waals surface area contributed by atoms with Gasteiger partial charge in [-0.3, -0.25) is 0 Å². The predicted molar refractivity (Wildman–Crippen MR) is 261 cm³/mol. The summed E-state index contributed by atoms with van der Waals surface area (Å²) >= 11 is 0. The molecule has 7 aromatic rings. The maximum absolute atomic E-state index is 7.03. The number of pyridine rings is 1. The zero-order chi connectivity index (χ0) is 44.6. The van der Waals surface area contributed by atoms with Crippen molar-refractivity contribution in [2.45, 2.75) is 119 Å². The number of ether oxygens (including phenoxy) is 1. The van der Waals surface area contributed by atoms with Gasteiger partial charge in [-0.25, -0.2) is 4.98 Å². The van der Waals surface area contributed by atoms with Crippen LogP contribution < -0.4 is 14.5 Å². The van der Waals surface area contributed by atoms with Crippen molar-refractivity contribution in [1.82, 2.24) is 9.55 Å². The van der Waals surface area contributed by atoms with Gasteiger partial charge in [0.1, 0.15) is 5.82 Å². The van der Waals surface area contributed by atoms with Gasteiger partial charge in [-0.2, -0.15) is 0 Å². The molecule has 0 unspecified atom stereocenters. The summed E-state index contributed by atoms with van der Waals surface area (Å²) in [5.41, 5.74) is 10.6. The van der Waals surface area contributed by atoms with E-state index in [1.807, 2.05) is 6.20 Å². The van der Waals surface area contributed by atoms with Crippen LogP contribution in [0, 0.1) is 24.2 Å². The van der Waals surface area contributed by atoms with Gasteiger partial charge in [-0.15, -0.1) is 53.8 Å². The number of para-hydroxylation sites is 1. The van der Waals surface area contributed by atoms with Crippen molar-refractivity contribution in [3.63, 3.8) is 0 Å². The SMILES string of the molecule is CC(C)(C)C1=CN(c2cccc(C(C)(C)c3ccccc3)c2)[CH-]N1c1[c-]c(Oc2[c-]c3c(c(C(C)(C)C)c2)c2ccccc2n3-c2cc(C(C)(C)C)ccn2)cc(C(C)(C)C)c1.[Pt]. The van der Waals surface area contributed by atoms with E-state index in [1.54, 1.807) is 0 Å². The Hall–Kier alpha value is -5.12. The topological polar surface area (TPSA) is 33.5 Å². The molecule has 0 N–H and O–H groups in total. The Morgan fingerprint density at radius 1 is 0.571 bits per heavy atom. The molecule has 1 aliphatic heterocycles. The summed E-state index contributed by atoms with van der Waals surface area (Å²) in [6.07, 6.45) is 4.20. The molecule has 8 rings (SSSR count). The first kappa shape index (κ1) is 45.9. The van der Waals surface area contributed by atoms with E-state index in [0.29, 0.717) is 11.5 Å². The van der Waals surface area contributed by atoms with E-state index in [0.717, 1.165) is 39.5 Å². The Bertz CT molecular complexity index is 2820. The monoisotopic (exact) mass is 1010 g/mol. The summed E-state index contributed by atoms with van der Waals surface area (Å²) in [6, 6.07) is 46.8. The van der Waals surface area contributed by atoms with Gasteiger partial charge in [-0.05, 0) is 74.9 Å². The smallest absolute Gasteiger partial charge is 0.135 e. The van der Waals surface area contributed by atoms with Gasteiger partial charge in [0.15, 0.2) is 0 Å². The molecule has 0 saturated heterocycles. The van der Waals surface area contributed by atoms with E-state index in [2.05, 4.69) is 245 Å². The summed E-state index contributed by atoms with van der Waals surface area (Å²) in [4.78, 5) is 9.50. The molecule has 0 amide bonds. The van der Waals surface area contributed by atoms with Gasteiger partial charge in [0.2, 0.25) is 0 Å². The van der Waals surface area contributed by atoms with E-state index >= 15 is 0 Å². The van der Waals surface area contributed by atoms with Crippen molar-refractivity contribution in [2.75, 3.05) is 9.80 Å². The van der Waals surface area contributed by atoms with Crippen LogP contribution in [-0.2, 0) is 42.7 Å². The zero-order valence-corrected chi connectivity index (χ0v) is 41.9. The van der Waals surface area contributed by atoms with Crippen LogP contribution in [0.1, 0.15) is 125 Å². The Balaban J connectivity index is 0.00000595. The van der Waals surface area contributed by atoms with Gasteiger partial charge < -0.3 is 19.1 Å². The van der Waals surface area contributed by atoms with Crippen LogP contribution in [0.4, 0.5) is 11.4 Å². The quantitative estimate of drug-likeness (QED) is 0.149. The van der Waals surface area contributed by atoms with Gasteiger partial charge in [0, 0.05) is 66.5 Å². The molecule has 0 saturated carbocycles. The second-order valence-electron chi connectivity index (χ2n) is 21.7. The third-order valence-electron chi connectivity index (χ3n) is 12.4. The van der Waals surface area contributed by atoms with E-state index in [9.17, 15) is 0 Å². The Morgan fingerprint density at radius 3 is 1.89 bits per heavy atom. The van der Waals surface area contributed by atoms with Gasteiger partial charge >= 0.3 is 0 Å². The van der Waals surface area contributed by atoms with Crippen LogP contribution >= 0.6 is 0 Å². The molecule has 0 spiro atoms. The predicted octanol–water partition coefficient (Wildman–Crippen LogP) is 15.1. The van der Waals surface area contributed by atoms with Crippen molar-refractivity contribution < 1.29 is 25.8 Å². The summed E-state index contributed by atoms with van der Waals surface area (Å²) in [5, 5.41) is 2.34. The number of hydrogen-bond acceptors (Lipinski definition) is 4. The zero-order valence-electron chi connectivity index (χ0n) is 39.6. The standard InChI is InChI=1S/C57H63N4O.Pt/c1-53(2,3)39-27-28-58-51(32-39)61-48-26-19-18-25-46(48)52-47(55(7,8)9)34-45(35-49(52)61)62-44-31-41(54(4,5)6)30-43(33-44)60-37-59(36-50(60)56(10,11)12)42-24-20-23-40(29-42)57(13,14)38-21-16-15-17-22-38;/h15-32,34,36-37H,1-14H3;/q-3;. The fourth-order valence-electron chi connectivity index (χ4n) is 8.52. The molecule has 0 atom stereocenters. The van der Waals surface area contributed by atoms with E-state index in [4.69, 9.17) is 9.72 Å². The third kappa shape index (κ3) is 9.01. The Kier molecular flexibility index (Phi) is 12.0. The Morgan fingerprint density at radius 2 is 1.22 bits per heavy atom. The minimum atomic E-state index is -0.197. The molecule has 330 valence electrons. The largest absolute Gasteiger partial charge is 0.509 e. The first-order valence-electron chi connectivity index (χ1n) is 22.0. The summed E-state index contributed by atoms with van der Waals surface area (Å²) in [7, 11) is 0. The Labute approximate surface area is 391 Å².